The minimum absolute atomic E-state index is 0.0149. The van der Waals surface area contributed by atoms with Crippen LogP contribution < -0.4 is 9.47 Å². The third-order valence-corrected chi connectivity index (χ3v) is 6.29. The number of carbonyl (C=O) groups is 1. The maximum Gasteiger partial charge on any atom is 0.260 e. The van der Waals surface area contributed by atoms with Crippen molar-refractivity contribution >= 4 is 27.5 Å². The number of piperidine rings is 1. The van der Waals surface area contributed by atoms with Crippen molar-refractivity contribution in [1.82, 2.24) is 9.88 Å². The van der Waals surface area contributed by atoms with Crippen LogP contribution in [0.3, 0.4) is 0 Å². The SMILES string of the molecule is CCCOc1ccccc1OCC(=O)N1CCC[C@@H](c2nc3ccccc3s2)C1. The number of para-hydroxylation sites is 3. The first-order valence-corrected chi connectivity index (χ1v) is 11.0. The highest BCUT2D eigenvalue weighted by molar-refractivity contribution is 7.18. The van der Waals surface area contributed by atoms with Gasteiger partial charge in [-0.25, -0.2) is 4.98 Å². The first kappa shape index (κ1) is 19.7. The Morgan fingerprint density at radius 2 is 1.90 bits per heavy atom. The number of likely N-dealkylation sites (tertiary alicyclic amines) is 1. The summed E-state index contributed by atoms with van der Waals surface area (Å²) >= 11 is 1.74. The highest BCUT2D eigenvalue weighted by Crippen LogP contribution is 2.33. The largest absolute Gasteiger partial charge is 0.490 e. The van der Waals surface area contributed by atoms with E-state index in [0.717, 1.165) is 36.3 Å². The van der Waals surface area contributed by atoms with Crippen molar-refractivity contribution in [1.29, 1.82) is 0 Å². The molecular weight excluding hydrogens is 384 g/mol. The molecule has 2 aromatic carbocycles. The summed E-state index contributed by atoms with van der Waals surface area (Å²) in [4.78, 5) is 19.5. The molecule has 0 saturated carbocycles. The van der Waals surface area contributed by atoms with Crippen molar-refractivity contribution in [3.05, 3.63) is 53.5 Å². The molecule has 0 bridgehead atoms. The molecule has 0 spiro atoms. The smallest absolute Gasteiger partial charge is 0.260 e. The monoisotopic (exact) mass is 410 g/mol. The Balaban J connectivity index is 1.38. The number of carbonyl (C=O) groups excluding carboxylic acids is 1. The Hall–Kier alpha value is -2.60. The van der Waals surface area contributed by atoms with Gasteiger partial charge < -0.3 is 14.4 Å². The molecule has 1 aliphatic heterocycles. The van der Waals surface area contributed by atoms with Crippen molar-refractivity contribution in [2.45, 2.75) is 32.1 Å². The average Bonchev–Trinajstić information content (AvgIpc) is 3.21. The second-order valence-corrected chi connectivity index (χ2v) is 8.34. The van der Waals surface area contributed by atoms with E-state index < -0.39 is 0 Å². The number of fused-ring (bicyclic) bond motifs is 1. The van der Waals surface area contributed by atoms with E-state index in [0.29, 0.717) is 30.6 Å². The fourth-order valence-corrected chi connectivity index (χ4v) is 4.69. The molecule has 2 heterocycles. The first-order chi connectivity index (χ1) is 14.2. The predicted molar refractivity (Wildman–Crippen MR) is 116 cm³/mol. The maximum atomic E-state index is 12.8. The lowest BCUT2D eigenvalue weighted by molar-refractivity contribution is -0.134. The van der Waals surface area contributed by atoms with Crippen molar-refractivity contribution in [2.24, 2.45) is 0 Å². The maximum absolute atomic E-state index is 12.8. The van der Waals surface area contributed by atoms with Gasteiger partial charge >= 0.3 is 0 Å². The molecule has 1 atom stereocenters. The first-order valence-electron chi connectivity index (χ1n) is 10.2. The van der Waals surface area contributed by atoms with E-state index in [2.05, 4.69) is 13.0 Å². The molecule has 0 aliphatic carbocycles. The van der Waals surface area contributed by atoms with Crippen molar-refractivity contribution in [2.75, 3.05) is 26.3 Å². The lowest BCUT2D eigenvalue weighted by Crippen LogP contribution is -2.41. The van der Waals surface area contributed by atoms with Gasteiger partial charge in [0.2, 0.25) is 0 Å². The van der Waals surface area contributed by atoms with E-state index >= 15 is 0 Å². The topological polar surface area (TPSA) is 51.7 Å². The zero-order valence-electron chi connectivity index (χ0n) is 16.7. The average molecular weight is 411 g/mol. The number of ether oxygens (including phenoxy) is 2. The number of rotatable bonds is 7. The highest BCUT2D eigenvalue weighted by Gasteiger charge is 2.27. The highest BCUT2D eigenvalue weighted by atomic mass is 32.1. The number of amides is 1. The van der Waals surface area contributed by atoms with Crippen LogP contribution in [0.4, 0.5) is 0 Å². The molecule has 1 aliphatic rings. The summed E-state index contributed by atoms with van der Waals surface area (Å²) in [6, 6.07) is 15.7. The van der Waals surface area contributed by atoms with Gasteiger partial charge in [0, 0.05) is 19.0 Å². The van der Waals surface area contributed by atoms with Gasteiger partial charge in [0.05, 0.1) is 21.8 Å². The standard InChI is InChI=1S/C23H26N2O3S/c1-2-14-27-19-10-4-5-11-20(19)28-16-22(26)25-13-7-8-17(15-25)23-24-18-9-3-6-12-21(18)29-23/h3-6,9-12,17H,2,7-8,13-16H2,1H3/t17-/m1/s1. The molecule has 1 saturated heterocycles. The van der Waals surface area contributed by atoms with Crippen LogP contribution in [0.25, 0.3) is 10.2 Å². The minimum atomic E-state index is 0.0149. The van der Waals surface area contributed by atoms with Gasteiger partial charge in [-0.05, 0) is 43.5 Å². The molecule has 0 N–H and O–H groups in total. The number of hydrogen-bond donors (Lipinski definition) is 0. The molecule has 1 fully saturated rings. The Morgan fingerprint density at radius 1 is 1.14 bits per heavy atom. The molecule has 4 rings (SSSR count). The summed E-state index contributed by atoms with van der Waals surface area (Å²) in [5, 5.41) is 1.13. The van der Waals surface area contributed by atoms with Gasteiger partial charge in [-0.15, -0.1) is 11.3 Å². The fourth-order valence-electron chi connectivity index (χ4n) is 3.60. The number of thiazole rings is 1. The summed E-state index contributed by atoms with van der Waals surface area (Å²) in [6.45, 7) is 4.20. The summed E-state index contributed by atoms with van der Waals surface area (Å²) in [6.07, 6.45) is 2.98. The summed E-state index contributed by atoms with van der Waals surface area (Å²) in [5.41, 5.74) is 1.04. The van der Waals surface area contributed by atoms with Gasteiger partial charge in [-0.3, -0.25) is 4.79 Å². The van der Waals surface area contributed by atoms with E-state index in [9.17, 15) is 4.79 Å². The fraction of sp³-hybridized carbons (Fsp3) is 0.391. The quantitative estimate of drug-likeness (QED) is 0.558. The van der Waals surface area contributed by atoms with Crippen LogP contribution in [0.2, 0.25) is 0 Å². The van der Waals surface area contributed by atoms with Crippen molar-refractivity contribution < 1.29 is 14.3 Å². The molecule has 29 heavy (non-hydrogen) atoms. The Kier molecular flexibility index (Phi) is 6.30. The van der Waals surface area contributed by atoms with Crippen LogP contribution in [-0.4, -0.2) is 42.1 Å². The second kappa shape index (κ2) is 9.27. The lowest BCUT2D eigenvalue weighted by atomic mass is 9.99. The Labute approximate surface area is 175 Å². The van der Waals surface area contributed by atoms with Crippen molar-refractivity contribution in [3.8, 4) is 11.5 Å². The van der Waals surface area contributed by atoms with Gasteiger partial charge in [0.25, 0.3) is 5.91 Å². The van der Waals surface area contributed by atoms with Crippen LogP contribution in [0.1, 0.15) is 37.1 Å². The lowest BCUT2D eigenvalue weighted by Gasteiger charge is -2.31. The molecule has 152 valence electrons. The molecule has 1 amide bonds. The zero-order chi connectivity index (χ0) is 20.1. The van der Waals surface area contributed by atoms with Crippen LogP contribution >= 0.6 is 11.3 Å². The number of hydrogen-bond acceptors (Lipinski definition) is 5. The second-order valence-electron chi connectivity index (χ2n) is 7.28. The molecular formula is C23H26N2O3S. The molecule has 0 unspecified atom stereocenters. The number of aromatic nitrogens is 1. The van der Waals surface area contributed by atoms with Gasteiger partial charge in [-0.2, -0.15) is 0 Å². The van der Waals surface area contributed by atoms with Crippen LogP contribution in [0.15, 0.2) is 48.5 Å². The van der Waals surface area contributed by atoms with Crippen LogP contribution in [0.5, 0.6) is 11.5 Å². The zero-order valence-corrected chi connectivity index (χ0v) is 17.5. The Bertz CT molecular complexity index is 938. The van der Waals surface area contributed by atoms with Crippen LogP contribution in [0, 0.1) is 0 Å². The Morgan fingerprint density at radius 3 is 2.69 bits per heavy atom. The predicted octanol–water partition coefficient (Wildman–Crippen LogP) is 4.87. The van der Waals surface area contributed by atoms with E-state index in [-0.39, 0.29) is 12.5 Å². The van der Waals surface area contributed by atoms with Gasteiger partial charge in [-0.1, -0.05) is 31.2 Å². The summed E-state index contributed by atoms with van der Waals surface area (Å²) in [7, 11) is 0. The summed E-state index contributed by atoms with van der Waals surface area (Å²) < 4.78 is 12.7. The molecule has 0 radical (unpaired) electrons. The van der Waals surface area contributed by atoms with E-state index in [1.165, 1.54) is 4.70 Å². The van der Waals surface area contributed by atoms with Crippen molar-refractivity contribution in [3.63, 3.8) is 0 Å². The molecule has 1 aromatic heterocycles. The molecule has 3 aromatic rings. The van der Waals surface area contributed by atoms with E-state index in [1.807, 2.05) is 47.4 Å². The molecule has 6 heteroatoms. The van der Waals surface area contributed by atoms with Gasteiger partial charge in [0.1, 0.15) is 0 Å². The summed E-state index contributed by atoms with van der Waals surface area (Å²) in [5.74, 6) is 1.62. The van der Waals surface area contributed by atoms with E-state index in [1.54, 1.807) is 11.3 Å². The third kappa shape index (κ3) is 4.70. The minimum Gasteiger partial charge on any atom is -0.490 e. The van der Waals surface area contributed by atoms with E-state index in [4.69, 9.17) is 14.5 Å². The molecule has 5 nitrogen and oxygen atoms in total. The normalized spacial score (nSPS) is 16.7. The number of nitrogens with zero attached hydrogens (tertiary/aromatic N) is 2. The number of benzene rings is 2. The third-order valence-electron chi connectivity index (χ3n) is 5.10. The van der Waals surface area contributed by atoms with Gasteiger partial charge in [0.15, 0.2) is 18.1 Å². The van der Waals surface area contributed by atoms with Crippen LogP contribution in [-0.2, 0) is 4.79 Å².